The molecule has 21 heavy (non-hydrogen) atoms. The summed E-state index contributed by atoms with van der Waals surface area (Å²) in [4.78, 5) is 11.5. The van der Waals surface area contributed by atoms with E-state index < -0.39 is 11.0 Å². The van der Waals surface area contributed by atoms with Crippen molar-refractivity contribution in [2.75, 3.05) is 6.61 Å². The van der Waals surface area contributed by atoms with Gasteiger partial charge in [-0.25, -0.2) is 4.79 Å². The minimum absolute atomic E-state index is 0.333. The van der Waals surface area contributed by atoms with Gasteiger partial charge >= 0.3 is 5.97 Å². The molecule has 1 saturated carbocycles. The Bertz CT molecular complexity index is 637. The van der Waals surface area contributed by atoms with E-state index in [1.165, 1.54) is 0 Å². The van der Waals surface area contributed by atoms with Gasteiger partial charge < -0.3 is 9.84 Å². The minimum Gasteiger partial charge on any atom is -0.462 e. The Labute approximate surface area is 124 Å². The summed E-state index contributed by atoms with van der Waals surface area (Å²) >= 11 is 0. The van der Waals surface area contributed by atoms with Crippen molar-refractivity contribution in [1.82, 2.24) is 0 Å². The molecular formula is C17H17NO3. The largest absolute Gasteiger partial charge is 0.462 e. The Balaban J connectivity index is 2.13. The van der Waals surface area contributed by atoms with E-state index in [1.54, 1.807) is 38.1 Å². The van der Waals surface area contributed by atoms with Crippen molar-refractivity contribution < 1.29 is 14.6 Å². The van der Waals surface area contributed by atoms with Crippen LogP contribution in [0.4, 0.5) is 0 Å². The van der Waals surface area contributed by atoms with E-state index in [9.17, 15) is 9.90 Å². The fraction of sp³-hybridized carbons (Fsp3) is 0.412. The summed E-state index contributed by atoms with van der Waals surface area (Å²) in [6, 6.07) is 8.81. The Morgan fingerprint density at radius 2 is 2.05 bits per heavy atom. The zero-order valence-corrected chi connectivity index (χ0v) is 12.1. The van der Waals surface area contributed by atoms with Crippen molar-refractivity contribution in [3.8, 4) is 17.9 Å². The number of nitrogens with zero attached hydrogens (tertiary/aromatic N) is 1. The molecule has 1 aliphatic carbocycles. The first kappa shape index (κ1) is 15.1. The molecule has 1 N–H and O–H groups in total. The average molecular weight is 283 g/mol. The molecule has 1 aliphatic rings. The summed E-state index contributed by atoms with van der Waals surface area (Å²) in [6.07, 6.45) is 1.35. The zero-order valence-electron chi connectivity index (χ0n) is 12.1. The number of aliphatic hydroxyl groups is 1. The molecule has 0 spiro atoms. The third kappa shape index (κ3) is 3.07. The number of rotatable bonds is 3. The molecule has 108 valence electrons. The molecule has 0 radical (unpaired) electrons. The molecular weight excluding hydrogens is 266 g/mol. The number of nitriles is 1. The number of esters is 1. The van der Waals surface area contributed by atoms with Gasteiger partial charge in [0.25, 0.3) is 0 Å². The standard InChI is InChI=1S/C17H17NO3/c1-3-21-15(19)14-6-4-13(5-7-14)8-9-16(2,20)17(12-18)10-11-17/h4-7,20H,3,10-11H2,1-2H3/t16-/m0/s1. The van der Waals surface area contributed by atoms with Crippen LogP contribution in [-0.2, 0) is 4.74 Å². The number of hydrogen-bond acceptors (Lipinski definition) is 4. The normalized spacial score (nSPS) is 17.6. The predicted molar refractivity (Wildman–Crippen MR) is 77.2 cm³/mol. The summed E-state index contributed by atoms with van der Waals surface area (Å²) in [5.41, 5.74) is -0.909. The molecule has 1 fully saturated rings. The number of carbonyl (C=O) groups excluding carboxylic acids is 1. The number of hydrogen-bond donors (Lipinski definition) is 1. The number of ether oxygens (including phenoxy) is 1. The highest BCUT2D eigenvalue weighted by Crippen LogP contribution is 2.53. The third-order valence-corrected chi connectivity index (χ3v) is 3.74. The smallest absolute Gasteiger partial charge is 0.338 e. The van der Waals surface area contributed by atoms with E-state index in [-0.39, 0.29) is 5.97 Å². The lowest BCUT2D eigenvalue weighted by molar-refractivity contribution is 0.0526. The van der Waals surface area contributed by atoms with E-state index in [4.69, 9.17) is 10.00 Å². The fourth-order valence-corrected chi connectivity index (χ4v) is 2.05. The molecule has 4 nitrogen and oxygen atoms in total. The maximum Gasteiger partial charge on any atom is 0.338 e. The van der Waals surface area contributed by atoms with Gasteiger partial charge in [-0.15, -0.1) is 0 Å². The van der Waals surface area contributed by atoms with Gasteiger partial charge in [0.15, 0.2) is 0 Å². The molecule has 0 aliphatic heterocycles. The van der Waals surface area contributed by atoms with Crippen molar-refractivity contribution in [3.63, 3.8) is 0 Å². The van der Waals surface area contributed by atoms with Crippen LogP contribution in [-0.4, -0.2) is 23.3 Å². The summed E-state index contributed by atoms with van der Waals surface area (Å²) in [6.45, 7) is 3.66. The summed E-state index contributed by atoms with van der Waals surface area (Å²) in [5, 5.41) is 19.4. The van der Waals surface area contributed by atoms with Gasteiger partial charge in [0, 0.05) is 5.56 Å². The Kier molecular flexibility index (Phi) is 4.02. The highest BCUT2D eigenvalue weighted by atomic mass is 16.5. The maximum absolute atomic E-state index is 11.5. The lowest BCUT2D eigenvalue weighted by Crippen LogP contribution is -2.33. The molecule has 0 heterocycles. The summed E-state index contributed by atoms with van der Waals surface area (Å²) in [7, 11) is 0. The first-order chi connectivity index (χ1) is 9.94. The second-order valence-corrected chi connectivity index (χ2v) is 5.31. The number of benzene rings is 1. The van der Waals surface area contributed by atoms with Crippen LogP contribution in [0.1, 0.15) is 42.6 Å². The lowest BCUT2D eigenvalue weighted by Gasteiger charge is -2.21. The molecule has 4 heteroatoms. The van der Waals surface area contributed by atoms with Crippen LogP contribution in [0.15, 0.2) is 24.3 Å². The number of carbonyl (C=O) groups is 1. The van der Waals surface area contributed by atoms with Crippen LogP contribution in [0.2, 0.25) is 0 Å². The van der Waals surface area contributed by atoms with Crippen LogP contribution in [0, 0.1) is 28.6 Å². The molecule has 2 rings (SSSR count). The van der Waals surface area contributed by atoms with Crippen molar-refractivity contribution >= 4 is 5.97 Å². The Hall–Kier alpha value is -2.30. The van der Waals surface area contributed by atoms with Crippen molar-refractivity contribution in [2.45, 2.75) is 32.3 Å². The molecule has 1 aromatic carbocycles. The second kappa shape index (κ2) is 5.60. The van der Waals surface area contributed by atoms with Crippen molar-refractivity contribution in [3.05, 3.63) is 35.4 Å². The summed E-state index contributed by atoms with van der Waals surface area (Å²) in [5.74, 6) is 5.26. The quantitative estimate of drug-likeness (QED) is 0.682. The fourth-order valence-electron chi connectivity index (χ4n) is 2.05. The van der Waals surface area contributed by atoms with Gasteiger partial charge in [0.1, 0.15) is 5.60 Å². The first-order valence-corrected chi connectivity index (χ1v) is 6.88. The van der Waals surface area contributed by atoms with E-state index in [0.29, 0.717) is 30.6 Å². The van der Waals surface area contributed by atoms with Crippen molar-refractivity contribution in [1.29, 1.82) is 5.26 Å². The predicted octanol–water partition coefficient (Wildman–Crippen LogP) is 2.27. The maximum atomic E-state index is 11.5. The summed E-state index contributed by atoms with van der Waals surface area (Å²) < 4.78 is 4.90. The van der Waals surface area contributed by atoms with E-state index >= 15 is 0 Å². The van der Waals surface area contributed by atoms with Gasteiger partial charge in [-0.3, -0.25) is 0 Å². The third-order valence-electron chi connectivity index (χ3n) is 3.74. The minimum atomic E-state index is -1.32. The molecule has 1 aromatic rings. The van der Waals surface area contributed by atoms with Gasteiger partial charge in [0.2, 0.25) is 0 Å². The molecule has 0 amide bonds. The van der Waals surface area contributed by atoms with E-state index in [2.05, 4.69) is 17.9 Å². The molecule has 0 aromatic heterocycles. The average Bonchev–Trinajstić information content (AvgIpc) is 3.27. The van der Waals surface area contributed by atoms with E-state index in [0.717, 1.165) is 0 Å². The van der Waals surface area contributed by atoms with Crippen LogP contribution in [0.5, 0.6) is 0 Å². The molecule has 1 atom stereocenters. The molecule has 0 bridgehead atoms. The van der Waals surface area contributed by atoms with Gasteiger partial charge in [-0.05, 0) is 51.0 Å². The van der Waals surface area contributed by atoms with Gasteiger partial charge in [-0.2, -0.15) is 5.26 Å². The Morgan fingerprint density at radius 1 is 1.43 bits per heavy atom. The Morgan fingerprint density at radius 3 is 2.52 bits per heavy atom. The highest BCUT2D eigenvalue weighted by Gasteiger charge is 2.56. The first-order valence-electron chi connectivity index (χ1n) is 6.88. The van der Waals surface area contributed by atoms with E-state index in [1.807, 2.05) is 0 Å². The zero-order chi connectivity index (χ0) is 15.5. The molecule has 0 saturated heterocycles. The SMILES string of the molecule is CCOC(=O)c1ccc(C#C[C@](C)(O)C2(C#N)CC2)cc1. The van der Waals surface area contributed by atoms with Crippen LogP contribution < -0.4 is 0 Å². The van der Waals surface area contributed by atoms with Crippen LogP contribution in [0.3, 0.4) is 0 Å². The van der Waals surface area contributed by atoms with Gasteiger partial charge in [0.05, 0.1) is 23.7 Å². The van der Waals surface area contributed by atoms with Gasteiger partial charge in [-0.1, -0.05) is 11.8 Å². The topological polar surface area (TPSA) is 70.3 Å². The second-order valence-electron chi connectivity index (χ2n) is 5.31. The molecule has 0 unspecified atom stereocenters. The highest BCUT2D eigenvalue weighted by molar-refractivity contribution is 5.89. The van der Waals surface area contributed by atoms with Crippen LogP contribution in [0.25, 0.3) is 0 Å². The van der Waals surface area contributed by atoms with Crippen molar-refractivity contribution in [2.24, 2.45) is 5.41 Å². The van der Waals surface area contributed by atoms with Crippen LogP contribution >= 0.6 is 0 Å². The lowest BCUT2D eigenvalue weighted by atomic mass is 9.87. The monoisotopic (exact) mass is 283 g/mol.